The molecule has 0 saturated heterocycles. The van der Waals surface area contributed by atoms with E-state index in [0.717, 1.165) is 15.8 Å². The average Bonchev–Trinajstić information content (AvgIpc) is 3.31. The Bertz CT molecular complexity index is 1510. The van der Waals surface area contributed by atoms with Crippen LogP contribution in [0.1, 0.15) is 43.1 Å². The Morgan fingerprint density at radius 2 is 1.73 bits per heavy atom. The lowest BCUT2D eigenvalue weighted by atomic mass is 9.97. The van der Waals surface area contributed by atoms with E-state index in [1.165, 1.54) is 4.90 Å². The van der Waals surface area contributed by atoms with Gasteiger partial charge in [-0.3, -0.25) is 9.69 Å². The molecule has 1 unspecified atom stereocenters. The smallest absolute Gasteiger partial charge is 0.411 e. The Hall–Kier alpha value is -5.38. The van der Waals surface area contributed by atoms with Gasteiger partial charge in [-0.25, -0.2) is 9.59 Å². The minimum atomic E-state index is -0.679. The second kappa shape index (κ2) is 11.8. The van der Waals surface area contributed by atoms with Crippen LogP contribution in [0, 0.1) is 11.3 Å². The number of nitrogens with one attached hydrogen (secondary N) is 3. The third-order valence-electron chi connectivity index (χ3n) is 6.04. The van der Waals surface area contributed by atoms with E-state index in [-0.39, 0.29) is 24.3 Å². The molecule has 0 fully saturated rings. The molecule has 1 atom stereocenters. The molecule has 0 bridgehead atoms. The molecule has 1 aliphatic heterocycles. The molecule has 5 N–H and O–H groups in total. The van der Waals surface area contributed by atoms with Gasteiger partial charge in [-0.05, 0) is 68.3 Å². The highest BCUT2D eigenvalue weighted by atomic mass is 16.6. The molecule has 2 aromatic carbocycles. The topological polar surface area (TPSA) is 180 Å². The van der Waals surface area contributed by atoms with Crippen molar-refractivity contribution in [2.75, 3.05) is 30.0 Å². The summed E-state index contributed by atoms with van der Waals surface area (Å²) in [5.41, 5.74) is 8.52. The lowest BCUT2D eigenvalue weighted by Crippen LogP contribution is -2.45. The normalized spacial score (nSPS) is 14.9. The summed E-state index contributed by atoms with van der Waals surface area (Å²) < 4.78 is 6.41. The quantitative estimate of drug-likeness (QED) is 0.361. The van der Waals surface area contributed by atoms with Gasteiger partial charge < -0.3 is 26.4 Å². The van der Waals surface area contributed by atoms with Crippen LogP contribution in [-0.4, -0.2) is 62.9 Å². The Labute approximate surface area is 237 Å². The van der Waals surface area contributed by atoms with Gasteiger partial charge >= 0.3 is 12.1 Å². The number of amides is 3. The van der Waals surface area contributed by atoms with Crippen LogP contribution < -0.4 is 21.7 Å². The number of anilines is 4. The van der Waals surface area contributed by atoms with Crippen LogP contribution in [0.5, 0.6) is 0 Å². The molecule has 1 aliphatic rings. The predicted molar refractivity (Wildman–Crippen MR) is 153 cm³/mol. The average molecular weight is 558 g/mol. The number of nitriles is 1. The number of carbonyl (C=O) groups excluding carboxylic acids is 3. The van der Waals surface area contributed by atoms with Crippen molar-refractivity contribution in [2.24, 2.45) is 0 Å². The summed E-state index contributed by atoms with van der Waals surface area (Å²) >= 11 is 0. The lowest BCUT2D eigenvalue weighted by molar-refractivity contribution is 0.0228. The van der Waals surface area contributed by atoms with Crippen molar-refractivity contribution >= 4 is 46.9 Å². The Kier molecular flexibility index (Phi) is 8.23. The first-order valence-corrected chi connectivity index (χ1v) is 12.8. The van der Waals surface area contributed by atoms with Gasteiger partial charge in [0, 0.05) is 30.4 Å². The van der Waals surface area contributed by atoms with Crippen molar-refractivity contribution in [1.82, 2.24) is 25.0 Å². The maximum absolute atomic E-state index is 12.8. The number of nitrogens with zero attached hydrogens (tertiary/aromatic N) is 5. The Morgan fingerprint density at radius 1 is 1.07 bits per heavy atom. The fraction of sp³-hybridized carbons (Fsp3) is 0.286. The number of hydrogen-bond acceptors (Lipinski definition) is 9. The van der Waals surface area contributed by atoms with Crippen LogP contribution in [0.15, 0.2) is 54.6 Å². The van der Waals surface area contributed by atoms with Gasteiger partial charge in [0.1, 0.15) is 11.6 Å². The molecule has 212 valence electrons. The molecule has 3 amide bonds. The summed E-state index contributed by atoms with van der Waals surface area (Å²) in [7, 11) is 1.55. The fourth-order valence-electron chi connectivity index (χ4n) is 4.03. The van der Waals surface area contributed by atoms with E-state index in [2.05, 4.69) is 32.1 Å². The van der Waals surface area contributed by atoms with E-state index in [1.807, 2.05) is 18.2 Å². The number of aromatic nitrogens is 3. The molecular weight excluding hydrogens is 526 g/mol. The van der Waals surface area contributed by atoms with Crippen molar-refractivity contribution in [3.05, 3.63) is 65.7 Å². The van der Waals surface area contributed by atoms with Crippen LogP contribution in [0.4, 0.5) is 32.9 Å². The van der Waals surface area contributed by atoms with E-state index in [0.29, 0.717) is 23.4 Å². The third kappa shape index (κ3) is 6.99. The number of ether oxygens (including phenoxy) is 1. The van der Waals surface area contributed by atoms with Crippen molar-refractivity contribution in [3.63, 3.8) is 0 Å². The number of rotatable bonds is 5. The minimum Gasteiger partial charge on any atom is -0.444 e. The largest absolute Gasteiger partial charge is 0.444 e. The monoisotopic (exact) mass is 557 g/mol. The molecule has 41 heavy (non-hydrogen) atoms. The first-order valence-electron chi connectivity index (χ1n) is 12.8. The molecule has 0 saturated carbocycles. The van der Waals surface area contributed by atoms with E-state index in [4.69, 9.17) is 10.5 Å². The van der Waals surface area contributed by atoms with Crippen LogP contribution in [-0.2, 0) is 4.74 Å². The van der Waals surface area contributed by atoms with Crippen molar-refractivity contribution in [1.29, 1.82) is 5.26 Å². The molecule has 2 heterocycles. The van der Waals surface area contributed by atoms with E-state index < -0.39 is 23.8 Å². The summed E-state index contributed by atoms with van der Waals surface area (Å²) in [6.07, 6.45) is 1.77. The molecule has 1 aromatic heterocycles. The molecule has 0 radical (unpaired) electrons. The van der Waals surface area contributed by atoms with Crippen molar-refractivity contribution in [3.8, 4) is 6.07 Å². The minimum absolute atomic E-state index is 0.107. The number of hydrogen-bond donors (Lipinski definition) is 4. The lowest BCUT2D eigenvalue weighted by Gasteiger charge is -2.33. The van der Waals surface area contributed by atoms with Crippen LogP contribution in [0.25, 0.3) is 5.57 Å². The highest BCUT2D eigenvalue weighted by Gasteiger charge is 2.31. The number of benzene rings is 2. The van der Waals surface area contributed by atoms with Crippen molar-refractivity contribution in [2.45, 2.75) is 38.8 Å². The first-order chi connectivity index (χ1) is 19.5. The maximum atomic E-state index is 12.8. The predicted octanol–water partition coefficient (Wildman–Crippen LogP) is 3.96. The SMILES string of the molecule is CNC(=O)c1ccc(Nc2nc(N)n(C(=O)Nc3ccc(C4=CCC(C#N)N(C(=O)OC(C)(C)C)C4)cc3)n2)cc1. The van der Waals surface area contributed by atoms with Gasteiger partial charge in [-0.15, -0.1) is 9.78 Å². The molecule has 3 aromatic rings. The maximum Gasteiger partial charge on any atom is 0.411 e. The zero-order chi connectivity index (χ0) is 29.7. The van der Waals surface area contributed by atoms with E-state index in [9.17, 15) is 19.6 Å². The van der Waals surface area contributed by atoms with Gasteiger partial charge in [0.25, 0.3) is 5.91 Å². The molecular formula is C28H31N9O4. The van der Waals surface area contributed by atoms with E-state index in [1.54, 1.807) is 64.2 Å². The molecule has 0 spiro atoms. The summed E-state index contributed by atoms with van der Waals surface area (Å²) in [5, 5.41) is 21.8. The van der Waals surface area contributed by atoms with Gasteiger partial charge in [-0.1, -0.05) is 18.2 Å². The second-order valence-corrected chi connectivity index (χ2v) is 10.2. The highest BCUT2D eigenvalue weighted by molar-refractivity contribution is 5.94. The zero-order valence-corrected chi connectivity index (χ0v) is 23.1. The van der Waals surface area contributed by atoms with E-state index >= 15 is 0 Å². The number of carbonyl (C=O) groups is 3. The summed E-state index contributed by atoms with van der Waals surface area (Å²) in [4.78, 5) is 42.7. The highest BCUT2D eigenvalue weighted by Crippen LogP contribution is 2.27. The van der Waals surface area contributed by atoms with Crippen LogP contribution in [0.2, 0.25) is 0 Å². The van der Waals surface area contributed by atoms with Crippen LogP contribution >= 0.6 is 0 Å². The standard InChI is InChI=1S/C28H31N9O4/c1-28(2,3)41-27(40)36-16-19(9-14-22(36)15-29)17-5-10-21(11-6-17)33-26(39)37-24(30)34-25(35-37)32-20-12-7-18(8-13-20)23(38)31-4/h5-13,22H,14,16H2,1-4H3,(H,31,38)(H,33,39)(H3,30,32,34,35). The summed E-state index contributed by atoms with van der Waals surface area (Å²) in [5.74, 6) is -0.223. The number of nitrogens with two attached hydrogens (primary N) is 1. The third-order valence-corrected chi connectivity index (χ3v) is 6.04. The van der Waals surface area contributed by atoms with Gasteiger partial charge in [0.15, 0.2) is 0 Å². The fourth-order valence-corrected chi connectivity index (χ4v) is 4.03. The molecule has 0 aliphatic carbocycles. The number of nitrogen functional groups attached to an aromatic ring is 1. The second-order valence-electron chi connectivity index (χ2n) is 10.2. The van der Waals surface area contributed by atoms with Gasteiger partial charge in [0.2, 0.25) is 11.9 Å². The summed E-state index contributed by atoms with van der Waals surface area (Å²) in [6.45, 7) is 5.55. The molecule has 4 rings (SSSR count). The Balaban J connectivity index is 1.40. The zero-order valence-electron chi connectivity index (χ0n) is 23.1. The molecule has 13 heteroatoms. The van der Waals surface area contributed by atoms with Gasteiger partial charge in [-0.2, -0.15) is 10.2 Å². The van der Waals surface area contributed by atoms with Crippen molar-refractivity contribution < 1.29 is 19.1 Å². The summed E-state index contributed by atoms with van der Waals surface area (Å²) in [6, 6.07) is 14.6. The first kappa shape index (κ1) is 28.6. The van der Waals surface area contributed by atoms with Gasteiger partial charge in [0.05, 0.1) is 12.6 Å². The molecule has 13 nitrogen and oxygen atoms in total. The van der Waals surface area contributed by atoms with Crippen LogP contribution in [0.3, 0.4) is 0 Å². The Morgan fingerprint density at radius 3 is 2.34 bits per heavy atom.